The number of hydrogen-bond donors (Lipinski definition) is 0. The molecule has 0 aliphatic heterocycles. The van der Waals surface area contributed by atoms with Gasteiger partial charge in [-0.15, -0.1) is 0 Å². The second kappa shape index (κ2) is 5.55. The van der Waals surface area contributed by atoms with Crippen LogP contribution in [-0.4, -0.2) is 17.4 Å². The number of ketones is 1. The maximum atomic E-state index is 11.5. The normalized spacial score (nSPS) is 12.3. The molecule has 0 aromatic heterocycles. The Morgan fingerprint density at radius 3 is 2.27 bits per heavy atom. The van der Waals surface area contributed by atoms with E-state index in [1.54, 1.807) is 20.8 Å². The Bertz CT molecular complexity index is 299. The second-order valence-corrected chi connectivity index (χ2v) is 4.27. The van der Waals surface area contributed by atoms with Crippen molar-refractivity contribution in [3.05, 3.63) is 0 Å². The smallest absolute Gasteiger partial charge is 0.317 e. The molecule has 0 radical (unpaired) electrons. The molecule has 15 heavy (non-hydrogen) atoms. The zero-order valence-corrected chi connectivity index (χ0v) is 10.0. The number of hydrogen-bond acceptors (Lipinski definition) is 3. The van der Waals surface area contributed by atoms with E-state index in [0.717, 1.165) is 0 Å². The van der Waals surface area contributed by atoms with Gasteiger partial charge in [0.1, 0.15) is 11.5 Å². The summed E-state index contributed by atoms with van der Waals surface area (Å²) in [5.74, 6) is 3.35. The number of esters is 1. The number of carbonyl (C=O) groups is 2. The monoisotopic (exact) mass is 210 g/mol. The van der Waals surface area contributed by atoms with Gasteiger partial charge in [-0.1, -0.05) is 12.8 Å². The molecule has 0 heterocycles. The summed E-state index contributed by atoms with van der Waals surface area (Å²) in [5, 5.41) is 0. The molecule has 0 bridgehead atoms. The van der Waals surface area contributed by atoms with Gasteiger partial charge in [-0.25, -0.2) is 0 Å². The van der Waals surface area contributed by atoms with Gasteiger partial charge in [-0.05, 0) is 33.6 Å². The lowest BCUT2D eigenvalue weighted by atomic mass is 10.1. The average molecular weight is 210 g/mol. The van der Waals surface area contributed by atoms with Crippen LogP contribution in [-0.2, 0) is 14.3 Å². The standard InChI is InChI=1S/C12H18O3/c1-6-7-8-10(13)9(2)11(14)15-12(3,4)5/h9H,6H2,1-5H3. The van der Waals surface area contributed by atoms with Crippen molar-refractivity contribution in [3.8, 4) is 11.8 Å². The van der Waals surface area contributed by atoms with Gasteiger partial charge in [0.15, 0.2) is 0 Å². The number of carbonyl (C=O) groups excluding carboxylic acids is 2. The zero-order valence-electron chi connectivity index (χ0n) is 10.0. The van der Waals surface area contributed by atoms with Crippen LogP contribution in [0.5, 0.6) is 0 Å². The molecule has 0 fully saturated rings. The molecule has 0 rings (SSSR count). The van der Waals surface area contributed by atoms with Crippen LogP contribution < -0.4 is 0 Å². The molecule has 0 aliphatic rings. The Kier molecular flexibility index (Phi) is 5.07. The number of rotatable bonds is 2. The van der Waals surface area contributed by atoms with Crippen molar-refractivity contribution in [1.82, 2.24) is 0 Å². The van der Waals surface area contributed by atoms with Gasteiger partial charge in [0.25, 0.3) is 0 Å². The van der Waals surface area contributed by atoms with Crippen LogP contribution in [0.4, 0.5) is 0 Å². The minimum absolute atomic E-state index is 0.383. The van der Waals surface area contributed by atoms with Crippen molar-refractivity contribution in [1.29, 1.82) is 0 Å². The van der Waals surface area contributed by atoms with E-state index in [0.29, 0.717) is 6.42 Å². The second-order valence-electron chi connectivity index (χ2n) is 4.27. The first-order valence-electron chi connectivity index (χ1n) is 5.03. The first-order chi connectivity index (χ1) is 6.78. The van der Waals surface area contributed by atoms with Gasteiger partial charge in [-0.2, -0.15) is 0 Å². The summed E-state index contributed by atoms with van der Waals surface area (Å²) >= 11 is 0. The van der Waals surface area contributed by atoms with E-state index in [-0.39, 0.29) is 5.78 Å². The largest absolute Gasteiger partial charge is 0.459 e. The van der Waals surface area contributed by atoms with Crippen LogP contribution in [0, 0.1) is 17.8 Å². The Morgan fingerprint density at radius 2 is 1.87 bits per heavy atom. The maximum absolute atomic E-state index is 11.5. The van der Waals surface area contributed by atoms with Gasteiger partial charge in [0.05, 0.1) is 0 Å². The summed E-state index contributed by atoms with van der Waals surface area (Å²) in [6, 6.07) is 0. The zero-order chi connectivity index (χ0) is 12.1. The molecule has 0 spiro atoms. The van der Waals surface area contributed by atoms with E-state index < -0.39 is 17.5 Å². The fraction of sp³-hybridized carbons (Fsp3) is 0.667. The van der Waals surface area contributed by atoms with Crippen molar-refractivity contribution in [2.45, 2.75) is 46.6 Å². The fourth-order valence-electron chi connectivity index (χ4n) is 0.781. The molecule has 3 heteroatoms. The highest BCUT2D eigenvalue weighted by atomic mass is 16.6. The van der Waals surface area contributed by atoms with Gasteiger partial charge in [-0.3, -0.25) is 9.59 Å². The third-order valence-corrected chi connectivity index (χ3v) is 1.54. The summed E-state index contributed by atoms with van der Waals surface area (Å²) in [6.45, 7) is 8.65. The summed E-state index contributed by atoms with van der Waals surface area (Å²) < 4.78 is 5.07. The molecule has 3 nitrogen and oxygen atoms in total. The third-order valence-electron chi connectivity index (χ3n) is 1.54. The Morgan fingerprint density at radius 1 is 1.33 bits per heavy atom. The van der Waals surface area contributed by atoms with Gasteiger partial charge >= 0.3 is 5.97 Å². The summed E-state index contributed by atoms with van der Waals surface area (Å²) in [5.41, 5.74) is -0.566. The summed E-state index contributed by atoms with van der Waals surface area (Å²) in [7, 11) is 0. The van der Waals surface area contributed by atoms with Crippen molar-refractivity contribution < 1.29 is 14.3 Å². The molecule has 0 aromatic rings. The molecule has 84 valence electrons. The van der Waals surface area contributed by atoms with E-state index in [9.17, 15) is 9.59 Å². The summed E-state index contributed by atoms with van der Waals surface area (Å²) in [6.07, 6.45) is 0.604. The van der Waals surface area contributed by atoms with Crippen molar-refractivity contribution in [2.24, 2.45) is 5.92 Å². The molecule has 1 unspecified atom stereocenters. The predicted octanol–water partition coefficient (Wildman–Crippen LogP) is 1.95. The fourth-order valence-corrected chi connectivity index (χ4v) is 0.781. The maximum Gasteiger partial charge on any atom is 0.317 e. The van der Waals surface area contributed by atoms with Gasteiger partial charge in [0, 0.05) is 6.42 Å². The van der Waals surface area contributed by atoms with Crippen molar-refractivity contribution in [3.63, 3.8) is 0 Å². The lowest BCUT2D eigenvalue weighted by Crippen LogP contribution is -2.30. The van der Waals surface area contributed by atoms with E-state index in [1.807, 2.05) is 6.92 Å². The van der Waals surface area contributed by atoms with Crippen molar-refractivity contribution >= 4 is 11.8 Å². The highest BCUT2D eigenvalue weighted by molar-refractivity contribution is 6.08. The molecule has 1 atom stereocenters. The SMILES string of the molecule is CCC#CC(=O)C(C)C(=O)OC(C)(C)C. The van der Waals surface area contributed by atoms with Gasteiger partial charge < -0.3 is 4.74 Å². The quantitative estimate of drug-likeness (QED) is 0.303. The van der Waals surface area contributed by atoms with E-state index >= 15 is 0 Å². The van der Waals surface area contributed by atoms with Crippen LogP contribution in [0.1, 0.15) is 41.0 Å². The topological polar surface area (TPSA) is 43.4 Å². The highest BCUT2D eigenvalue weighted by Crippen LogP contribution is 2.11. The molecule has 0 aromatic carbocycles. The van der Waals surface area contributed by atoms with E-state index in [1.165, 1.54) is 6.92 Å². The van der Waals surface area contributed by atoms with Crippen LogP contribution in [0.15, 0.2) is 0 Å². The Labute approximate surface area is 91.2 Å². The minimum atomic E-state index is -0.803. The lowest BCUT2D eigenvalue weighted by molar-refractivity contribution is -0.160. The molecule has 0 aliphatic carbocycles. The summed E-state index contributed by atoms with van der Waals surface area (Å²) in [4.78, 5) is 22.8. The van der Waals surface area contributed by atoms with E-state index in [2.05, 4.69) is 11.8 Å². The lowest BCUT2D eigenvalue weighted by Gasteiger charge is -2.20. The van der Waals surface area contributed by atoms with Crippen LogP contribution in [0.25, 0.3) is 0 Å². The van der Waals surface area contributed by atoms with Gasteiger partial charge in [0.2, 0.25) is 5.78 Å². The highest BCUT2D eigenvalue weighted by Gasteiger charge is 2.25. The van der Waals surface area contributed by atoms with Crippen LogP contribution in [0.2, 0.25) is 0 Å². The molecular formula is C12H18O3. The predicted molar refractivity (Wildman–Crippen MR) is 58.1 cm³/mol. The van der Waals surface area contributed by atoms with Crippen LogP contribution >= 0.6 is 0 Å². The number of Topliss-reactive ketones (excluding diaryl/α,β-unsaturated/α-hetero) is 1. The molecule has 0 amide bonds. The van der Waals surface area contributed by atoms with E-state index in [4.69, 9.17) is 4.74 Å². The molecular weight excluding hydrogens is 192 g/mol. The number of ether oxygens (including phenoxy) is 1. The first kappa shape index (κ1) is 13.7. The van der Waals surface area contributed by atoms with Crippen LogP contribution in [0.3, 0.4) is 0 Å². The first-order valence-corrected chi connectivity index (χ1v) is 5.03. The third kappa shape index (κ3) is 5.90. The Hall–Kier alpha value is -1.30. The molecule has 0 saturated heterocycles. The minimum Gasteiger partial charge on any atom is -0.459 e. The Balaban J connectivity index is 4.39. The molecule has 0 N–H and O–H groups in total. The molecule has 0 saturated carbocycles. The van der Waals surface area contributed by atoms with Crippen molar-refractivity contribution in [2.75, 3.05) is 0 Å². The average Bonchev–Trinajstić information content (AvgIpc) is 2.10.